The number of nitrogens with zero attached hydrogens (tertiary/aromatic N) is 3. The minimum atomic E-state index is 0.214. The number of hydrogen-bond acceptors (Lipinski definition) is 5. The lowest BCUT2D eigenvalue weighted by Crippen LogP contribution is -2.02. The van der Waals surface area contributed by atoms with Crippen molar-refractivity contribution in [1.29, 1.82) is 5.26 Å². The molecule has 0 atom stereocenters. The summed E-state index contributed by atoms with van der Waals surface area (Å²) in [6, 6.07) is 11.1. The van der Waals surface area contributed by atoms with Crippen molar-refractivity contribution < 1.29 is 4.74 Å². The average Bonchev–Trinajstić information content (AvgIpc) is 2.42. The Kier molecular flexibility index (Phi) is 3.84. The lowest BCUT2D eigenvalue weighted by Gasteiger charge is -2.05. The van der Waals surface area contributed by atoms with E-state index in [9.17, 15) is 0 Å². The molecule has 0 saturated heterocycles. The van der Waals surface area contributed by atoms with Crippen molar-refractivity contribution in [3.05, 3.63) is 47.7 Å². The SMILES string of the molecule is N#Cc1ccnnc1Oc1ccc(CCN)cc1. The Bertz CT molecular complexity index is 560. The van der Waals surface area contributed by atoms with Crippen molar-refractivity contribution in [2.45, 2.75) is 6.42 Å². The summed E-state index contributed by atoms with van der Waals surface area (Å²) in [6.45, 7) is 0.614. The van der Waals surface area contributed by atoms with E-state index in [4.69, 9.17) is 15.7 Å². The second-order valence-corrected chi connectivity index (χ2v) is 3.65. The van der Waals surface area contributed by atoms with Crippen LogP contribution in [0, 0.1) is 11.3 Å². The summed E-state index contributed by atoms with van der Waals surface area (Å²) < 4.78 is 5.51. The summed E-state index contributed by atoms with van der Waals surface area (Å²) in [6.07, 6.45) is 2.28. The van der Waals surface area contributed by atoms with Gasteiger partial charge >= 0.3 is 0 Å². The van der Waals surface area contributed by atoms with Crippen LogP contribution in [0.5, 0.6) is 11.6 Å². The summed E-state index contributed by atoms with van der Waals surface area (Å²) in [5.74, 6) is 0.833. The van der Waals surface area contributed by atoms with Crippen LogP contribution in [0.15, 0.2) is 36.5 Å². The van der Waals surface area contributed by atoms with E-state index >= 15 is 0 Å². The number of benzene rings is 1. The number of hydrogen-bond donors (Lipinski definition) is 1. The average molecular weight is 240 g/mol. The van der Waals surface area contributed by atoms with E-state index in [0.29, 0.717) is 17.9 Å². The third kappa shape index (κ3) is 2.81. The van der Waals surface area contributed by atoms with Crippen LogP contribution in [-0.4, -0.2) is 16.7 Å². The van der Waals surface area contributed by atoms with Crippen LogP contribution in [-0.2, 0) is 6.42 Å². The van der Waals surface area contributed by atoms with Gasteiger partial charge in [-0.15, -0.1) is 5.10 Å². The molecule has 0 aliphatic heterocycles. The van der Waals surface area contributed by atoms with Gasteiger partial charge in [0.05, 0.1) is 6.20 Å². The van der Waals surface area contributed by atoms with E-state index in [1.807, 2.05) is 30.3 Å². The minimum absolute atomic E-state index is 0.214. The van der Waals surface area contributed by atoms with Crippen molar-refractivity contribution in [1.82, 2.24) is 10.2 Å². The largest absolute Gasteiger partial charge is 0.437 e. The lowest BCUT2D eigenvalue weighted by atomic mass is 10.1. The summed E-state index contributed by atoms with van der Waals surface area (Å²) in [5.41, 5.74) is 6.97. The second kappa shape index (κ2) is 5.75. The Morgan fingerprint density at radius 1 is 1.22 bits per heavy atom. The zero-order valence-corrected chi connectivity index (χ0v) is 9.71. The molecule has 0 saturated carbocycles. The van der Waals surface area contributed by atoms with E-state index in [1.54, 1.807) is 6.07 Å². The third-order valence-corrected chi connectivity index (χ3v) is 2.38. The third-order valence-electron chi connectivity index (χ3n) is 2.38. The quantitative estimate of drug-likeness (QED) is 0.878. The Morgan fingerprint density at radius 2 is 2.00 bits per heavy atom. The first-order valence-electron chi connectivity index (χ1n) is 5.52. The molecule has 1 aromatic carbocycles. The molecule has 2 N–H and O–H groups in total. The zero-order valence-electron chi connectivity index (χ0n) is 9.71. The minimum Gasteiger partial charge on any atom is -0.437 e. The molecule has 2 aromatic rings. The molecule has 0 amide bonds. The van der Waals surface area contributed by atoms with Gasteiger partial charge in [-0.1, -0.05) is 12.1 Å². The second-order valence-electron chi connectivity index (χ2n) is 3.65. The van der Waals surface area contributed by atoms with Crippen LogP contribution < -0.4 is 10.5 Å². The van der Waals surface area contributed by atoms with Crippen molar-refractivity contribution in [3.63, 3.8) is 0 Å². The Balaban J connectivity index is 2.16. The van der Waals surface area contributed by atoms with Gasteiger partial charge in [-0.2, -0.15) is 10.4 Å². The Labute approximate surface area is 105 Å². The lowest BCUT2D eigenvalue weighted by molar-refractivity contribution is 0.453. The maximum absolute atomic E-state index is 8.90. The number of ether oxygens (including phenoxy) is 1. The summed E-state index contributed by atoms with van der Waals surface area (Å²) in [4.78, 5) is 0. The van der Waals surface area contributed by atoms with Crippen LogP contribution in [0.2, 0.25) is 0 Å². The fraction of sp³-hybridized carbons (Fsp3) is 0.154. The Hall–Kier alpha value is -2.45. The first-order chi connectivity index (χ1) is 8.83. The normalized spacial score (nSPS) is 9.78. The van der Waals surface area contributed by atoms with E-state index < -0.39 is 0 Å². The molecule has 0 aliphatic carbocycles. The highest BCUT2D eigenvalue weighted by atomic mass is 16.5. The molecule has 18 heavy (non-hydrogen) atoms. The van der Waals surface area contributed by atoms with Gasteiger partial charge in [0.25, 0.3) is 5.88 Å². The predicted octanol–water partition coefficient (Wildman–Crippen LogP) is 1.64. The molecule has 2 rings (SSSR count). The van der Waals surface area contributed by atoms with E-state index in [-0.39, 0.29) is 5.88 Å². The highest BCUT2D eigenvalue weighted by molar-refractivity contribution is 5.39. The van der Waals surface area contributed by atoms with Gasteiger partial charge < -0.3 is 10.5 Å². The first kappa shape index (κ1) is 12.0. The molecule has 90 valence electrons. The maximum Gasteiger partial charge on any atom is 0.256 e. The molecule has 0 aliphatic rings. The van der Waals surface area contributed by atoms with E-state index in [0.717, 1.165) is 12.0 Å². The van der Waals surface area contributed by atoms with Crippen molar-refractivity contribution in [3.8, 4) is 17.7 Å². The number of rotatable bonds is 4. The Morgan fingerprint density at radius 3 is 2.67 bits per heavy atom. The molecule has 0 radical (unpaired) electrons. The van der Waals surface area contributed by atoms with Gasteiger partial charge in [-0.3, -0.25) is 0 Å². The van der Waals surface area contributed by atoms with Crippen LogP contribution in [0.4, 0.5) is 0 Å². The van der Waals surface area contributed by atoms with Crippen LogP contribution in [0.1, 0.15) is 11.1 Å². The fourth-order valence-electron chi connectivity index (χ4n) is 1.48. The highest BCUT2D eigenvalue weighted by Crippen LogP contribution is 2.21. The van der Waals surface area contributed by atoms with Gasteiger partial charge in [0.15, 0.2) is 0 Å². The van der Waals surface area contributed by atoms with Crippen molar-refractivity contribution in [2.24, 2.45) is 5.73 Å². The molecule has 5 nitrogen and oxygen atoms in total. The molecular formula is C13H12N4O. The zero-order chi connectivity index (χ0) is 12.8. The number of nitrogens with two attached hydrogens (primary N) is 1. The van der Waals surface area contributed by atoms with Gasteiger partial charge in [-0.05, 0) is 36.7 Å². The van der Waals surface area contributed by atoms with Crippen molar-refractivity contribution >= 4 is 0 Å². The first-order valence-corrected chi connectivity index (χ1v) is 5.52. The van der Waals surface area contributed by atoms with Crippen molar-refractivity contribution in [2.75, 3.05) is 6.54 Å². The fourth-order valence-corrected chi connectivity index (χ4v) is 1.48. The van der Waals surface area contributed by atoms with Gasteiger partial charge in [-0.25, -0.2) is 0 Å². The molecule has 0 bridgehead atoms. The smallest absolute Gasteiger partial charge is 0.256 e. The molecule has 0 fully saturated rings. The molecule has 1 heterocycles. The molecule has 5 heteroatoms. The monoisotopic (exact) mass is 240 g/mol. The molecule has 0 unspecified atom stereocenters. The number of nitriles is 1. The molecule has 1 aromatic heterocycles. The van der Waals surface area contributed by atoms with Gasteiger partial charge in [0, 0.05) is 0 Å². The molecule has 0 spiro atoms. The summed E-state index contributed by atoms with van der Waals surface area (Å²) >= 11 is 0. The highest BCUT2D eigenvalue weighted by Gasteiger charge is 2.05. The summed E-state index contributed by atoms with van der Waals surface area (Å²) in [5, 5.41) is 16.4. The van der Waals surface area contributed by atoms with E-state index in [1.165, 1.54) is 6.20 Å². The summed E-state index contributed by atoms with van der Waals surface area (Å²) in [7, 11) is 0. The predicted molar refractivity (Wildman–Crippen MR) is 66.0 cm³/mol. The van der Waals surface area contributed by atoms with Crippen LogP contribution in [0.3, 0.4) is 0 Å². The maximum atomic E-state index is 8.90. The topological polar surface area (TPSA) is 84.8 Å². The molecular weight excluding hydrogens is 228 g/mol. The standard InChI is InChI=1S/C13H12N4O/c14-7-5-10-1-3-12(4-2-10)18-13-11(9-15)6-8-16-17-13/h1-4,6,8H,5,7,14H2. The number of aromatic nitrogens is 2. The van der Waals surface area contributed by atoms with Crippen LogP contribution in [0.25, 0.3) is 0 Å². The van der Waals surface area contributed by atoms with E-state index in [2.05, 4.69) is 10.2 Å². The van der Waals surface area contributed by atoms with Gasteiger partial charge in [0.2, 0.25) is 0 Å². The van der Waals surface area contributed by atoms with Crippen LogP contribution >= 0.6 is 0 Å². The van der Waals surface area contributed by atoms with Gasteiger partial charge in [0.1, 0.15) is 17.4 Å².